The van der Waals surface area contributed by atoms with Crippen LogP contribution in [-0.4, -0.2) is 45.4 Å². The van der Waals surface area contributed by atoms with Crippen LogP contribution in [0.15, 0.2) is 29.1 Å². The SMILES string of the molecule is CCCCCn1nc(C(=O)N2CCC(CO)C2)c2ccccc2c1=O. The number of nitrogens with zero attached hydrogens (tertiary/aromatic N) is 3. The van der Waals surface area contributed by atoms with Gasteiger partial charge in [-0.25, -0.2) is 4.68 Å². The quantitative estimate of drug-likeness (QED) is 0.815. The lowest BCUT2D eigenvalue weighted by molar-refractivity contribution is 0.0775. The molecule has 2 aromatic rings. The molecular formula is C19H25N3O3. The summed E-state index contributed by atoms with van der Waals surface area (Å²) in [6, 6.07) is 7.17. The van der Waals surface area contributed by atoms with Crippen molar-refractivity contribution < 1.29 is 9.90 Å². The molecule has 1 aliphatic heterocycles. The molecule has 6 nitrogen and oxygen atoms in total. The highest BCUT2D eigenvalue weighted by Gasteiger charge is 2.29. The van der Waals surface area contributed by atoms with Crippen LogP contribution in [0.1, 0.15) is 43.1 Å². The van der Waals surface area contributed by atoms with Crippen LogP contribution >= 0.6 is 0 Å². The Bertz CT molecular complexity index is 815. The van der Waals surface area contributed by atoms with Crippen molar-refractivity contribution in [3.63, 3.8) is 0 Å². The van der Waals surface area contributed by atoms with E-state index in [-0.39, 0.29) is 24.0 Å². The Hall–Kier alpha value is -2.21. The highest BCUT2D eigenvalue weighted by Crippen LogP contribution is 2.21. The summed E-state index contributed by atoms with van der Waals surface area (Å²) in [5, 5.41) is 14.9. The van der Waals surface area contributed by atoms with Crippen molar-refractivity contribution in [3.8, 4) is 0 Å². The van der Waals surface area contributed by atoms with Crippen molar-refractivity contribution >= 4 is 16.7 Å². The van der Waals surface area contributed by atoms with Gasteiger partial charge in [0.25, 0.3) is 11.5 Å². The normalized spacial score (nSPS) is 17.4. The van der Waals surface area contributed by atoms with Gasteiger partial charge in [0, 0.05) is 37.5 Å². The van der Waals surface area contributed by atoms with Crippen LogP contribution in [0.5, 0.6) is 0 Å². The number of hydrogen-bond acceptors (Lipinski definition) is 4. The second kappa shape index (κ2) is 7.78. The highest BCUT2D eigenvalue weighted by atomic mass is 16.3. The van der Waals surface area contributed by atoms with Gasteiger partial charge in [-0.2, -0.15) is 5.10 Å². The fourth-order valence-corrected chi connectivity index (χ4v) is 3.37. The molecule has 6 heteroatoms. The third-order valence-electron chi connectivity index (χ3n) is 4.88. The van der Waals surface area contributed by atoms with E-state index in [2.05, 4.69) is 12.0 Å². The van der Waals surface area contributed by atoms with E-state index in [1.54, 1.807) is 17.0 Å². The topological polar surface area (TPSA) is 75.4 Å². The lowest BCUT2D eigenvalue weighted by Gasteiger charge is -2.17. The van der Waals surface area contributed by atoms with Gasteiger partial charge in [0.05, 0.1) is 5.39 Å². The maximum atomic E-state index is 13.0. The van der Waals surface area contributed by atoms with E-state index in [0.29, 0.717) is 36.1 Å². The summed E-state index contributed by atoms with van der Waals surface area (Å²) in [7, 11) is 0. The number of unbranched alkanes of at least 4 members (excludes halogenated alkanes) is 2. The molecule has 1 aromatic carbocycles. The third-order valence-corrected chi connectivity index (χ3v) is 4.88. The van der Waals surface area contributed by atoms with Gasteiger partial charge in [-0.1, -0.05) is 38.0 Å². The monoisotopic (exact) mass is 343 g/mol. The average Bonchev–Trinajstić information content (AvgIpc) is 3.12. The molecule has 0 saturated carbocycles. The van der Waals surface area contributed by atoms with E-state index >= 15 is 0 Å². The van der Waals surface area contributed by atoms with Crippen molar-refractivity contribution in [1.82, 2.24) is 14.7 Å². The molecule has 134 valence electrons. The number of aromatic nitrogens is 2. The average molecular weight is 343 g/mol. The number of rotatable bonds is 6. The summed E-state index contributed by atoms with van der Waals surface area (Å²) in [6.45, 7) is 3.89. The summed E-state index contributed by atoms with van der Waals surface area (Å²) < 4.78 is 1.44. The molecule has 1 N–H and O–H groups in total. The lowest BCUT2D eigenvalue weighted by atomic mass is 10.1. The number of aliphatic hydroxyl groups is 1. The Kier molecular flexibility index (Phi) is 5.48. The minimum atomic E-state index is -0.156. The molecule has 1 unspecified atom stereocenters. The largest absolute Gasteiger partial charge is 0.396 e. The van der Waals surface area contributed by atoms with Crippen LogP contribution in [0, 0.1) is 5.92 Å². The fourth-order valence-electron chi connectivity index (χ4n) is 3.37. The van der Waals surface area contributed by atoms with E-state index in [4.69, 9.17) is 0 Å². The molecule has 0 radical (unpaired) electrons. The van der Waals surface area contributed by atoms with Crippen LogP contribution in [0.3, 0.4) is 0 Å². The summed E-state index contributed by atoms with van der Waals surface area (Å²) in [6.07, 6.45) is 3.75. The van der Waals surface area contributed by atoms with Crippen LogP contribution in [0.2, 0.25) is 0 Å². The van der Waals surface area contributed by atoms with E-state index in [0.717, 1.165) is 25.7 Å². The van der Waals surface area contributed by atoms with Crippen molar-refractivity contribution in [2.24, 2.45) is 5.92 Å². The Morgan fingerprint density at radius 2 is 2.04 bits per heavy atom. The van der Waals surface area contributed by atoms with Gasteiger partial charge in [-0.3, -0.25) is 9.59 Å². The molecule has 1 aromatic heterocycles. The van der Waals surface area contributed by atoms with Crippen molar-refractivity contribution in [2.75, 3.05) is 19.7 Å². The minimum Gasteiger partial charge on any atom is -0.396 e. The number of likely N-dealkylation sites (tertiary alicyclic amines) is 1. The van der Waals surface area contributed by atoms with Crippen LogP contribution < -0.4 is 5.56 Å². The first-order chi connectivity index (χ1) is 12.2. The number of amides is 1. The Morgan fingerprint density at radius 1 is 1.28 bits per heavy atom. The highest BCUT2D eigenvalue weighted by molar-refractivity contribution is 6.04. The molecule has 3 rings (SSSR count). The molecule has 2 heterocycles. The van der Waals surface area contributed by atoms with Crippen LogP contribution in [-0.2, 0) is 6.54 Å². The van der Waals surface area contributed by atoms with Crippen molar-refractivity contribution in [3.05, 3.63) is 40.3 Å². The van der Waals surface area contributed by atoms with Crippen molar-refractivity contribution in [2.45, 2.75) is 39.2 Å². The first kappa shape index (κ1) is 17.6. The molecule has 1 atom stereocenters. The van der Waals surface area contributed by atoms with E-state index in [1.807, 2.05) is 12.1 Å². The Labute approximate surface area is 147 Å². The zero-order valence-electron chi connectivity index (χ0n) is 14.6. The number of carbonyl (C=O) groups is 1. The van der Waals surface area contributed by atoms with Gasteiger partial charge in [-0.05, 0) is 18.9 Å². The number of aryl methyl sites for hydroxylation is 1. The molecule has 25 heavy (non-hydrogen) atoms. The van der Waals surface area contributed by atoms with Crippen molar-refractivity contribution in [1.29, 1.82) is 0 Å². The number of aliphatic hydroxyl groups excluding tert-OH is 1. The predicted octanol–water partition coefficient (Wildman–Crippen LogP) is 2.04. The summed E-state index contributed by atoms with van der Waals surface area (Å²) in [5.74, 6) is -0.0259. The number of fused-ring (bicyclic) bond motifs is 1. The number of benzene rings is 1. The maximum Gasteiger partial charge on any atom is 0.274 e. The first-order valence-corrected chi connectivity index (χ1v) is 9.05. The Balaban J connectivity index is 1.99. The molecular weight excluding hydrogens is 318 g/mol. The molecule has 1 fully saturated rings. The smallest absolute Gasteiger partial charge is 0.274 e. The van der Waals surface area contributed by atoms with Gasteiger partial charge >= 0.3 is 0 Å². The molecule has 0 spiro atoms. The summed E-state index contributed by atoms with van der Waals surface area (Å²) in [5.41, 5.74) is 0.197. The molecule has 1 aliphatic rings. The van der Waals surface area contributed by atoms with Gasteiger partial charge in [-0.15, -0.1) is 0 Å². The van der Waals surface area contributed by atoms with E-state index in [1.165, 1.54) is 4.68 Å². The van der Waals surface area contributed by atoms with E-state index in [9.17, 15) is 14.7 Å². The minimum absolute atomic E-state index is 0.0917. The van der Waals surface area contributed by atoms with Crippen LogP contribution in [0.25, 0.3) is 10.8 Å². The predicted molar refractivity (Wildman–Crippen MR) is 96.6 cm³/mol. The zero-order valence-corrected chi connectivity index (χ0v) is 14.6. The van der Waals surface area contributed by atoms with E-state index < -0.39 is 0 Å². The second-order valence-electron chi connectivity index (χ2n) is 6.72. The molecule has 0 aliphatic carbocycles. The summed E-state index contributed by atoms with van der Waals surface area (Å²) >= 11 is 0. The van der Waals surface area contributed by atoms with Gasteiger partial charge < -0.3 is 10.0 Å². The van der Waals surface area contributed by atoms with Gasteiger partial charge in [0.2, 0.25) is 0 Å². The van der Waals surface area contributed by atoms with Crippen LogP contribution in [0.4, 0.5) is 0 Å². The summed E-state index contributed by atoms with van der Waals surface area (Å²) in [4.78, 5) is 27.4. The lowest BCUT2D eigenvalue weighted by Crippen LogP contribution is -2.33. The number of carbonyl (C=O) groups excluding carboxylic acids is 1. The first-order valence-electron chi connectivity index (χ1n) is 9.05. The molecule has 1 saturated heterocycles. The number of hydrogen-bond donors (Lipinski definition) is 1. The van der Waals surface area contributed by atoms with Gasteiger partial charge in [0.15, 0.2) is 5.69 Å². The fraction of sp³-hybridized carbons (Fsp3) is 0.526. The zero-order chi connectivity index (χ0) is 17.8. The van der Waals surface area contributed by atoms with Gasteiger partial charge in [0.1, 0.15) is 0 Å². The second-order valence-corrected chi connectivity index (χ2v) is 6.72. The molecule has 0 bridgehead atoms. The standard InChI is InChI=1S/C19H25N3O3/c1-2-3-6-10-22-18(24)16-8-5-4-7-15(16)17(20-22)19(25)21-11-9-14(12-21)13-23/h4-5,7-8,14,23H,2-3,6,9-13H2,1H3. The Morgan fingerprint density at radius 3 is 2.72 bits per heavy atom. The molecule has 1 amide bonds. The third kappa shape index (κ3) is 3.58. The maximum absolute atomic E-state index is 13.0.